The van der Waals surface area contributed by atoms with E-state index in [1.807, 2.05) is 6.07 Å². The van der Waals surface area contributed by atoms with Crippen molar-refractivity contribution in [3.8, 4) is 24.0 Å². The summed E-state index contributed by atoms with van der Waals surface area (Å²) in [4.78, 5) is 55.6. The lowest BCUT2D eigenvalue weighted by atomic mass is 9.99. The van der Waals surface area contributed by atoms with Gasteiger partial charge < -0.3 is 30.3 Å². The number of benzene rings is 3. The molecular formula is C37H43N3O8. The minimum atomic E-state index is -1.56. The van der Waals surface area contributed by atoms with Gasteiger partial charge >= 0.3 is 12.1 Å². The molecule has 11 heteroatoms. The number of phenolic OH excluding ortho intramolecular Hbond substituents is 2. The van der Waals surface area contributed by atoms with Gasteiger partial charge in [-0.3, -0.25) is 14.5 Å². The van der Waals surface area contributed by atoms with Crippen molar-refractivity contribution in [3.05, 3.63) is 95.6 Å². The number of hydrogen-bond donors (Lipinski definition) is 4. The Labute approximate surface area is 281 Å². The van der Waals surface area contributed by atoms with Gasteiger partial charge in [-0.05, 0) is 82.5 Å². The molecule has 0 heterocycles. The van der Waals surface area contributed by atoms with Crippen molar-refractivity contribution < 1.29 is 38.9 Å². The van der Waals surface area contributed by atoms with E-state index in [2.05, 4.69) is 16.7 Å². The van der Waals surface area contributed by atoms with Gasteiger partial charge in [0.15, 0.2) is 0 Å². The second-order valence-corrected chi connectivity index (χ2v) is 13.2. The van der Waals surface area contributed by atoms with Crippen LogP contribution in [-0.4, -0.2) is 62.3 Å². The number of ether oxygens (including phenoxy) is 2. The fourth-order valence-corrected chi connectivity index (χ4v) is 4.73. The zero-order chi connectivity index (χ0) is 35.6. The summed E-state index contributed by atoms with van der Waals surface area (Å²) < 4.78 is 11.0. The zero-order valence-corrected chi connectivity index (χ0v) is 28.0. The number of terminal acetylenes is 1. The van der Waals surface area contributed by atoms with Crippen LogP contribution < -0.4 is 10.6 Å². The highest BCUT2D eigenvalue weighted by atomic mass is 16.6. The Balaban J connectivity index is 2.05. The lowest BCUT2D eigenvalue weighted by Crippen LogP contribution is -2.54. The molecule has 3 amide bonds. The van der Waals surface area contributed by atoms with E-state index in [9.17, 15) is 29.4 Å². The monoisotopic (exact) mass is 657 g/mol. The van der Waals surface area contributed by atoms with E-state index in [1.54, 1.807) is 77.9 Å². The van der Waals surface area contributed by atoms with Gasteiger partial charge in [0.1, 0.15) is 40.8 Å². The molecule has 48 heavy (non-hydrogen) atoms. The molecule has 0 bridgehead atoms. The quantitative estimate of drug-likeness (QED) is 0.131. The van der Waals surface area contributed by atoms with Crippen LogP contribution in [0.15, 0.2) is 78.9 Å². The van der Waals surface area contributed by atoms with E-state index in [4.69, 9.17) is 15.9 Å². The van der Waals surface area contributed by atoms with Gasteiger partial charge in [-0.25, -0.2) is 9.59 Å². The molecule has 0 aliphatic rings. The Morgan fingerprint density at radius 1 is 0.750 bits per heavy atom. The average Bonchev–Trinajstić information content (AvgIpc) is 2.98. The fraction of sp³-hybridized carbons (Fsp3) is 0.351. The van der Waals surface area contributed by atoms with Crippen LogP contribution in [0.4, 0.5) is 4.79 Å². The molecule has 3 atom stereocenters. The van der Waals surface area contributed by atoms with Crippen molar-refractivity contribution in [2.24, 2.45) is 0 Å². The fourth-order valence-electron chi connectivity index (χ4n) is 4.73. The number of carbonyl (C=O) groups excluding carboxylic acids is 4. The van der Waals surface area contributed by atoms with Crippen LogP contribution in [-0.2, 0) is 36.7 Å². The Morgan fingerprint density at radius 2 is 1.33 bits per heavy atom. The largest absolute Gasteiger partial charge is 0.508 e. The summed E-state index contributed by atoms with van der Waals surface area (Å²) in [5.41, 5.74) is -0.311. The van der Waals surface area contributed by atoms with E-state index in [1.165, 1.54) is 36.4 Å². The third-order valence-corrected chi connectivity index (χ3v) is 6.72. The molecule has 3 aromatic carbocycles. The molecule has 0 saturated heterocycles. The molecule has 0 aromatic heterocycles. The number of phenols is 2. The van der Waals surface area contributed by atoms with E-state index in [-0.39, 0.29) is 29.9 Å². The molecule has 3 rings (SSSR count). The lowest BCUT2D eigenvalue weighted by Gasteiger charge is -2.32. The lowest BCUT2D eigenvalue weighted by molar-refractivity contribution is -0.159. The summed E-state index contributed by atoms with van der Waals surface area (Å²) in [6.07, 6.45) is 5.00. The number of nitrogens with zero attached hydrogens (tertiary/aromatic N) is 1. The molecule has 0 fully saturated rings. The van der Waals surface area contributed by atoms with Crippen LogP contribution in [0, 0.1) is 12.5 Å². The number of esters is 1. The molecule has 3 aromatic rings. The molecule has 0 saturated carbocycles. The van der Waals surface area contributed by atoms with Crippen LogP contribution in [0.1, 0.15) is 64.3 Å². The number of nitrogens with one attached hydrogen (secondary N) is 2. The Morgan fingerprint density at radius 3 is 1.90 bits per heavy atom. The van der Waals surface area contributed by atoms with Crippen molar-refractivity contribution in [2.45, 2.75) is 83.7 Å². The Kier molecular flexibility index (Phi) is 12.2. The SMILES string of the molecule is C#CN(C(=O)C(Cc1ccc(O)cc1)NC(=O)OC(C)(C)C)C(C(=O)NC(Cc1ccccc1)C(=O)OC(C)(C)C)c1cccc(O)c1. The van der Waals surface area contributed by atoms with E-state index in [0.717, 1.165) is 10.5 Å². The predicted octanol–water partition coefficient (Wildman–Crippen LogP) is 4.76. The Bertz CT molecular complexity index is 1620. The standard InChI is InChI=1S/C37H43N3O8/c1-8-40(33(44)29(39-35(46)48-37(5,6)7)21-25-17-19-27(41)20-18-25)31(26-15-12-16-28(42)23-26)32(43)38-30(34(45)47-36(2,3)4)22-24-13-10-9-11-14-24/h1,9-20,23,29-31,41-42H,21-22H2,2-7H3,(H,38,43)(H,39,46). The van der Waals surface area contributed by atoms with E-state index in [0.29, 0.717) is 5.56 Å². The minimum Gasteiger partial charge on any atom is -0.508 e. The molecule has 0 spiro atoms. The summed E-state index contributed by atoms with van der Waals surface area (Å²) >= 11 is 0. The van der Waals surface area contributed by atoms with Gasteiger partial charge in [0.2, 0.25) is 5.91 Å². The van der Waals surface area contributed by atoms with Crippen LogP contribution >= 0.6 is 0 Å². The maximum absolute atomic E-state index is 14.3. The Hall–Kier alpha value is -5.50. The third kappa shape index (κ3) is 11.4. The highest BCUT2D eigenvalue weighted by Gasteiger charge is 2.38. The van der Waals surface area contributed by atoms with Crippen LogP contribution in [0.5, 0.6) is 11.5 Å². The average molecular weight is 658 g/mol. The third-order valence-electron chi connectivity index (χ3n) is 6.72. The molecule has 0 aliphatic heterocycles. The van der Waals surface area contributed by atoms with Crippen LogP contribution in [0.2, 0.25) is 0 Å². The first kappa shape index (κ1) is 37.0. The highest BCUT2D eigenvalue weighted by molar-refractivity contribution is 5.95. The van der Waals surface area contributed by atoms with Crippen molar-refractivity contribution in [1.29, 1.82) is 0 Å². The minimum absolute atomic E-state index is 0.00245. The molecule has 0 radical (unpaired) electrons. The van der Waals surface area contributed by atoms with Crippen molar-refractivity contribution >= 4 is 23.9 Å². The van der Waals surface area contributed by atoms with Crippen molar-refractivity contribution in [2.75, 3.05) is 0 Å². The number of aromatic hydroxyl groups is 2. The van der Waals surface area contributed by atoms with Gasteiger partial charge in [-0.1, -0.05) is 61.0 Å². The van der Waals surface area contributed by atoms with Gasteiger partial charge in [0, 0.05) is 18.9 Å². The molecule has 11 nitrogen and oxygen atoms in total. The van der Waals surface area contributed by atoms with Gasteiger partial charge in [0.05, 0.1) is 0 Å². The second kappa shape index (κ2) is 15.9. The first-order valence-electron chi connectivity index (χ1n) is 15.4. The summed E-state index contributed by atoms with van der Waals surface area (Å²) in [5, 5.41) is 25.4. The topological polar surface area (TPSA) is 154 Å². The van der Waals surface area contributed by atoms with Gasteiger partial charge in [0.25, 0.3) is 5.91 Å². The molecule has 254 valence electrons. The van der Waals surface area contributed by atoms with Crippen LogP contribution in [0.25, 0.3) is 0 Å². The summed E-state index contributed by atoms with van der Waals surface area (Å²) in [6, 6.07) is 18.8. The molecule has 3 unspecified atom stereocenters. The number of carbonyl (C=O) groups is 4. The molecule has 0 aliphatic carbocycles. The normalized spacial score (nSPS) is 13.2. The summed E-state index contributed by atoms with van der Waals surface area (Å²) in [7, 11) is 0. The van der Waals surface area contributed by atoms with Crippen molar-refractivity contribution in [3.63, 3.8) is 0 Å². The first-order chi connectivity index (χ1) is 22.5. The number of amides is 3. The number of alkyl carbamates (subject to hydrolysis) is 1. The predicted molar refractivity (Wildman–Crippen MR) is 179 cm³/mol. The highest BCUT2D eigenvalue weighted by Crippen LogP contribution is 2.26. The smallest absolute Gasteiger partial charge is 0.408 e. The van der Waals surface area contributed by atoms with Gasteiger partial charge in [-0.15, -0.1) is 0 Å². The maximum Gasteiger partial charge on any atom is 0.408 e. The summed E-state index contributed by atoms with van der Waals surface area (Å²) in [5.74, 6) is -2.58. The summed E-state index contributed by atoms with van der Waals surface area (Å²) in [6.45, 7) is 10.1. The molecular weight excluding hydrogens is 614 g/mol. The maximum atomic E-state index is 14.3. The van der Waals surface area contributed by atoms with Gasteiger partial charge in [-0.2, -0.15) is 0 Å². The van der Waals surface area contributed by atoms with Crippen LogP contribution in [0.3, 0.4) is 0 Å². The van der Waals surface area contributed by atoms with E-state index < -0.39 is 53.2 Å². The number of hydrogen-bond acceptors (Lipinski definition) is 8. The second-order valence-electron chi connectivity index (χ2n) is 13.2. The van der Waals surface area contributed by atoms with Crippen molar-refractivity contribution in [1.82, 2.24) is 15.5 Å². The molecule has 4 N–H and O–H groups in total. The number of rotatable bonds is 11. The van der Waals surface area contributed by atoms with E-state index >= 15 is 0 Å². The zero-order valence-electron chi connectivity index (χ0n) is 28.0. The first-order valence-corrected chi connectivity index (χ1v) is 15.4.